The predicted molar refractivity (Wildman–Crippen MR) is 34.1 cm³/mol. The van der Waals surface area contributed by atoms with Gasteiger partial charge in [-0.15, -0.1) is 0 Å². The molecular formula is C7H8Cl3FeO2. The molecule has 0 unspecified atom stereocenters. The second-order valence-corrected chi connectivity index (χ2v) is 1.96. The summed E-state index contributed by atoms with van der Waals surface area (Å²) in [7, 11) is 0. The zero-order valence-corrected chi connectivity index (χ0v) is 9.86. The molecule has 13 heavy (non-hydrogen) atoms. The minimum atomic E-state index is -0.792. The third-order valence-electron chi connectivity index (χ3n) is 1.29. The predicted octanol–water partition coefficient (Wildman–Crippen LogP) is -7.64. The Kier molecular flexibility index (Phi) is 22.1. The van der Waals surface area contributed by atoms with Crippen molar-refractivity contribution in [1.29, 1.82) is 0 Å². The fourth-order valence-electron chi connectivity index (χ4n) is 0.781. The Morgan fingerprint density at radius 1 is 1.31 bits per heavy atom. The molecule has 0 fully saturated rings. The smallest absolute Gasteiger partial charge is 1.00 e. The van der Waals surface area contributed by atoms with Gasteiger partial charge in [0, 0.05) is 5.57 Å². The van der Waals surface area contributed by atoms with Crippen LogP contribution in [-0.4, -0.2) is 11.1 Å². The van der Waals surface area contributed by atoms with Gasteiger partial charge in [-0.25, -0.2) is 4.79 Å². The number of rotatable bonds is 1. The molecule has 0 aromatic carbocycles. The van der Waals surface area contributed by atoms with Crippen LogP contribution >= 0.6 is 0 Å². The summed E-state index contributed by atoms with van der Waals surface area (Å²) in [5.74, 6) is -0.792. The molecule has 1 aliphatic carbocycles. The Hall–Kier alpha value is 0.339. The maximum atomic E-state index is 10.3. The average molecular weight is 286 g/mol. The van der Waals surface area contributed by atoms with Gasteiger partial charge in [0.1, 0.15) is 0 Å². The summed E-state index contributed by atoms with van der Waals surface area (Å²) >= 11 is 0. The van der Waals surface area contributed by atoms with Gasteiger partial charge in [0.2, 0.25) is 0 Å². The number of aliphatic carboxylic acids is 1. The molecule has 0 aliphatic heterocycles. The van der Waals surface area contributed by atoms with E-state index < -0.39 is 5.97 Å². The summed E-state index contributed by atoms with van der Waals surface area (Å²) < 4.78 is 0. The fraction of sp³-hybridized carbons (Fsp3) is 0.286. The summed E-state index contributed by atoms with van der Waals surface area (Å²) in [6, 6.07) is 0. The van der Waals surface area contributed by atoms with Crippen molar-refractivity contribution in [3.05, 3.63) is 23.8 Å². The van der Waals surface area contributed by atoms with Crippen LogP contribution in [0.3, 0.4) is 0 Å². The number of carboxylic acid groups (broad SMARTS) is 1. The Bertz CT molecular complexity index is 192. The molecule has 77 valence electrons. The van der Waals surface area contributed by atoms with Gasteiger partial charge in [0.05, 0.1) is 0 Å². The second-order valence-electron chi connectivity index (χ2n) is 1.96. The molecule has 1 aliphatic rings. The Morgan fingerprint density at radius 3 is 2.08 bits per heavy atom. The number of hydrogen-bond donors (Lipinski definition) is 1. The fourth-order valence-corrected chi connectivity index (χ4v) is 0.781. The standard InChI is InChI=1S/C7H8O2.3ClH.Fe/c8-7(9)6-4-2-1-3-5-6;;;;/h1-2,4H,3,5H2,(H,8,9);3*1H;/q;;;;+3/p-3. The van der Waals surface area contributed by atoms with Crippen LogP contribution in [0.4, 0.5) is 0 Å². The van der Waals surface area contributed by atoms with E-state index in [2.05, 4.69) is 0 Å². The Labute approximate surface area is 107 Å². The maximum Gasteiger partial charge on any atom is 3.00 e. The second kappa shape index (κ2) is 12.3. The normalized spacial score (nSPS) is 11.8. The molecule has 0 atom stereocenters. The summed E-state index contributed by atoms with van der Waals surface area (Å²) in [5, 5.41) is 8.44. The van der Waals surface area contributed by atoms with Crippen molar-refractivity contribution in [3.8, 4) is 0 Å². The van der Waals surface area contributed by atoms with Crippen LogP contribution in [0.25, 0.3) is 0 Å². The molecule has 1 N–H and O–H groups in total. The van der Waals surface area contributed by atoms with Crippen molar-refractivity contribution in [2.45, 2.75) is 12.8 Å². The monoisotopic (exact) mass is 285 g/mol. The molecule has 1 radical (unpaired) electrons. The Morgan fingerprint density at radius 2 is 1.85 bits per heavy atom. The van der Waals surface area contributed by atoms with E-state index in [0.717, 1.165) is 6.42 Å². The maximum absolute atomic E-state index is 10.3. The van der Waals surface area contributed by atoms with Gasteiger partial charge in [0.15, 0.2) is 0 Å². The number of hydrogen-bond acceptors (Lipinski definition) is 1. The first kappa shape index (κ1) is 23.3. The van der Waals surface area contributed by atoms with E-state index in [4.69, 9.17) is 5.11 Å². The quantitative estimate of drug-likeness (QED) is 0.486. The minimum absolute atomic E-state index is 0. The van der Waals surface area contributed by atoms with Gasteiger partial charge in [-0.1, -0.05) is 18.2 Å². The van der Waals surface area contributed by atoms with Crippen LogP contribution in [0.2, 0.25) is 0 Å². The molecule has 0 bridgehead atoms. The number of carbonyl (C=O) groups is 1. The minimum Gasteiger partial charge on any atom is -1.00 e. The third-order valence-corrected chi connectivity index (χ3v) is 1.29. The first-order valence-electron chi connectivity index (χ1n) is 2.89. The van der Waals surface area contributed by atoms with Crippen molar-refractivity contribution in [1.82, 2.24) is 0 Å². The largest absolute Gasteiger partial charge is 3.00 e. The van der Waals surface area contributed by atoms with Crippen molar-refractivity contribution in [2.24, 2.45) is 0 Å². The molecule has 0 aromatic rings. The number of carboxylic acids is 1. The summed E-state index contributed by atoms with van der Waals surface area (Å²) in [5.41, 5.74) is 0.512. The van der Waals surface area contributed by atoms with E-state index in [1.807, 2.05) is 6.08 Å². The van der Waals surface area contributed by atoms with Gasteiger partial charge < -0.3 is 42.3 Å². The zero-order valence-electron chi connectivity index (χ0n) is 6.49. The first-order chi connectivity index (χ1) is 4.30. The van der Waals surface area contributed by atoms with Crippen molar-refractivity contribution in [2.75, 3.05) is 0 Å². The first-order valence-corrected chi connectivity index (χ1v) is 2.89. The van der Waals surface area contributed by atoms with Crippen molar-refractivity contribution >= 4 is 5.97 Å². The summed E-state index contributed by atoms with van der Waals surface area (Å²) in [6.45, 7) is 0. The molecule has 6 heteroatoms. The van der Waals surface area contributed by atoms with Gasteiger partial charge in [-0.2, -0.15) is 0 Å². The van der Waals surface area contributed by atoms with Crippen LogP contribution < -0.4 is 37.2 Å². The topological polar surface area (TPSA) is 37.3 Å². The molecule has 1 rings (SSSR count). The van der Waals surface area contributed by atoms with E-state index in [1.165, 1.54) is 0 Å². The summed E-state index contributed by atoms with van der Waals surface area (Å²) in [6.07, 6.45) is 6.93. The van der Waals surface area contributed by atoms with Gasteiger partial charge in [-0.3, -0.25) is 0 Å². The zero-order chi connectivity index (χ0) is 6.69. The van der Waals surface area contributed by atoms with Crippen LogP contribution in [0.5, 0.6) is 0 Å². The molecule has 0 saturated carbocycles. The molecule has 0 heterocycles. The Balaban J connectivity index is -0.000000101. The molecule has 0 amide bonds. The molecule has 0 saturated heterocycles. The summed E-state index contributed by atoms with van der Waals surface area (Å²) in [4.78, 5) is 10.3. The van der Waals surface area contributed by atoms with E-state index in [-0.39, 0.29) is 54.3 Å². The molecule has 2 nitrogen and oxygen atoms in total. The van der Waals surface area contributed by atoms with Crippen LogP contribution in [-0.2, 0) is 21.9 Å². The van der Waals surface area contributed by atoms with E-state index in [0.29, 0.717) is 12.0 Å². The van der Waals surface area contributed by atoms with Crippen molar-refractivity contribution in [3.63, 3.8) is 0 Å². The van der Waals surface area contributed by atoms with Crippen LogP contribution in [0, 0.1) is 0 Å². The van der Waals surface area contributed by atoms with Crippen LogP contribution in [0.1, 0.15) is 12.8 Å². The molecule has 0 spiro atoms. The average Bonchev–Trinajstić information content (AvgIpc) is 1.90. The van der Waals surface area contributed by atoms with E-state index in [1.54, 1.807) is 12.2 Å². The van der Waals surface area contributed by atoms with Gasteiger partial charge in [0.25, 0.3) is 0 Å². The molecular weight excluding hydrogens is 278 g/mol. The van der Waals surface area contributed by atoms with E-state index >= 15 is 0 Å². The molecule has 0 aromatic heterocycles. The van der Waals surface area contributed by atoms with Crippen molar-refractivity contribution < 1.29 is 64.2 Å². The SMILES string of the molecule is O=C(O)C1=CC=CCC1.[Cl-].[Cl-].[Cl-].[Fe+3]. The van der Waals surface area contributed by atoms with Gasteiger partial charge >= 0.3 is 23.0 Å². The number of halogens is 3. The van der Waals surface area contributed by atoms with Gasteiger partial charge in [-0.05, 0) is 12.8 Å². The van der Waals surface area contributed by atoms with E-state index in [9.17, 15) is 4.79 Å². The van der Waals surface area contributed by atoms with Crippen LogP contribution in [0.15, 0.2) is 23.8 Å². The number of allylic oxidation sites excluding steroid dienone is 3. The third kappa shape index (κ3) is 8.66.